The zero-order valence-electron chi connectivity index (χ0n) is 32.0. The molecule has 0 radical (unpaired) electrons. The highest BCUT2D eigenvalue weighted by Gasteiger charge is 2.22. The van der Waals surface area contributed by atoms with Crippen molar-refractivity contribution in [2.75, 3.05) is 4.90 Å². The molecule has 2 aromatic heterocycles. The predicted octanol–water partition coefficient (Wildman–Crippen LogP) is 17.2. The van der Waals surface area contributed by atoms with Gasteiger partial charge < -0.3 is 4.90 Å². The minimum atomic E-state index is 1.11. The van der Waals surface area contributed by atoms with E-state index in [9.17, 15) is 0 Å². The zero-order chi connectivity index (χ0) is 38.9. The summed E-state index contributed by atoms with van der Waals surface area (Å²) in [7, 11) is 0. The van der Waals surface area contributed by atoms with Crippen LogP contribution in [0.2, 0.25) is 0 Å². The van der Waals surface area contributed by atoms with E-state index in [1.165, 1.54) is 101 Å². The van der Waals surface area contributed by atoms with Crippen LogP contribution in [0.4, 0.5) is 17.1 Å². The van der Waals surface area contributed by atoms with Crippen molar-refractivity contribution in [2.45, 2.75) is 0 Å². The second kappa shape index (κ2) is 13.8. The van der Waals surface area contributed by atoms with Gasteiger partial charge in [0.1, 0.15) is 0 Å². The number of anilines is 3. The molecule has 10 aromatic carbocycles. The average Bonchev–Trinajstić information content (AvgIpc) is 3.89. The Morgan fingerprint density at radius 1 is 0.305 bits per heavy atom. The molecule has 0 saturated heterocycles. The van der Waals surface area contributed by atoms with E-state index < -0.39 is 0 Å². The summed E-state index contributed by atoms with van der Waals surface area (Å²) in [6.45, 7) is 0. The Morgan fingerprint density at radius 2 is 0.915 bits per heavy atom. The first-order valence-electron chi connectivity index (χ1n) is 20.1. The van der Waals surface area contributed by atoms with Gasteiger partial charge in [0.05, 0.1) is 10.4 Å². The van der Waals surface area contributed by atoms with E-state index in [0.717, 1.165) is 11.4 Å². The van der Waals surface area contributed by atoms with E-state index in [1.807, 2.05) is 22.7 Å². The van der Waals surface area contributed by atoms with Crippen molar-refractivity contribution >= 4 is 102 Å². The van der Waals surface area contributed by atoms with E-state index >= 15 is 0 Å². The first-order chi connectivity index (χ1) is 29.3. The zero-order valence-corrected chi connectivity index (χ0v) is 33.6. The van der Waals surface area contributed by atoms with Crippen molar-refractivity contribution < 1.29 is 0 Å². The molecule has 0 fully saturated rings. The summed E-state index contributed by atoms with van der Waals surface area (Å²) in [5.74, 6) is 0. The molecule has 0 unspecified atom stereocenters. The van der Waals surface area contributed by atoms with Gasteiger partial charge in [-0.05, 0) is 110 Å². The number of rotatable bonds is 6. The maximum atomic E-state index is 2.48. The van der Waals surface area contributed by atoms with Crippen LogP contribution in [-0.4, -0.2) is 0 Å². The van der Waals surface area contributed by atoms with E-state index in [-0.39, 0.29) is 0 Å². The number of hydrogen-bond acceptors (Lipinski definition) is 3. The van der Waals surface area contributed by atoms with Gasteiger partial charge in [-0.3, -0.25) is 0 Å². The molecule has 12 rings (SSSR count). The average molecular weight is 786 g/mol. The molecule has 0 aliphatic heterocycles. The van der Waals surface area contributed by atoms with Crippen LogP contribution in [0.1, 0.15) is 0 Å². The lowest BCUT2D eigenvalue weighted by molar-refractivity contribution is 1.30. The summed E-state index contributed by atoms with van der Waals surface area (Å²) < 4.78 is 5.18. The van der Waals surface area contributed by atoms with Gasteiger partial charge >= 0.3 is 0 Å². The molecular weight excluding hydrogens is 751 g/mol. The first-order valence-corrected chi connectivity index (χ1v) is 21.7. The number of thiophene rings is 2. The highest BCUT2D eigenvalue weighted by molar-refractivity contribution is 7.26. The van der Waals surface area contributed by atoms with Crippen molar-refractivity contribution in [3.05, 3.63) is 212 Å². The molecule has 0 atom stereocenters. The topological polar surface area (TPSA) is 3.24 Å². The molecule has 0 N–H and O–H groups in total. The molecule has 0 aliphatic rings. The molecule has 3 heteroatoms. The molecule has 0 spiro atoms. The Hall–Kier alpha value is -7.04. The van der Waals surface area contributed by atoms with Gasteiger partial charge in [0, 0.05) is 47.0 Å². The maximum absolute atomic E-state index is 2.48. The van der Waals surface area contributed by atoms with Crippen LogP contribution in [0.25, 0.3) is 95.3 Å². The van der Waals surface area contributed by atoms with Gasteiger partial charge in [-0.25, -0.2) is 0 Å². The van der Waals surface area contributed by atoms with Crippen molar-refractivity contribution in [2.24, 2.45) is 0 Å². The summed E-state index contributed by atoms with van der Waals surface area (Å²) in [5.41, 5.74) is 10.7. The minimum absolute atomic E-state index is 1.11. The lowest BCUT2D eigenvalue weighted by atomic mass is 9.91. The number of fused-ring (bicyclic) bond motifs is 9. The Kier molecular flexibility index (Phi) is 7.97. The highest BCUT2D eigenvalue weighted by atomic mass is 32.1. The molecule has 0 aliphatic carbocycles. The predicted molar refractivity (Wildman–Crippen MR) is 258 cm³/mol. The van der Waals surface area contributed by atoms with Crippen LogP contribution in [0.15, 0.2) is 212 Å². The molecule has 276 valence electrons. The van der Waals surface area contributed by atoms with E-state index in [0.29, 0.717) is 0 Å². The Morgan fingerprint density at radius 3 is 1.75 bits per heavy atom. The van der Waals surface area contributed by atoms with Crippen LogP contribution in [0, 0.1) is 0 Å². The van der Waals surface area contributed by atoms with Crippen LogP contribution in [0.5, 0.6) is 0 Å². The lowest BCUT2D eigenvalue weighted by Crippen LogP contribution is -2.10. The van der Waals surface area contributed by atoms with Crippen LogP contribution >= 0.6 is 22.7 Å². The summed E-state index contributed by atoms with van der Waals surface area (Å²) in [4.78, 5) is 2.48. The van der Waals surface area contributed by atoms with Crippen LogP contribution < -0.4 is 4.90 Å². The fourth-order valence-corrected chi connectivity index (χ4v) is 11.5. The van der Waals surface area contributed by atoms with E-state index in [4.69, 9.17) is 0 Å². The highest BCUT2D eigenvalue weighted by Crippen LogP contribution is 2.49. The smallest absolute Gasteiger partial charge is 0.0640 e. The largest absolute Gasteiger partial charge is 0.309 e. The second-order valence-electron chi connectivity index (χ2n) is 15.2. The summed E-state index contributed by atoms with van der Waals surface area (Å²) in [6.07, 6.45) is 0. The van der Waals surface area contributed by atoms with Crippen LogP contribution in [0.3, 0.4) is 0 Å². The summed E-state index contributed by atoms with van der Waals surface area (Å²) in [6, 6.07) is 78.3. The Labute approximate surface area is 350 Å². The van der Waals surface area contributed by atoms with Crippen LogP contribution in [-0.2, 0) is 0 Å². The van der Waals surface area contributed by atoms with Crippen molar-refractivity contribution in [3.63, 3.8) is 0 Å². The Bertz CT molecular complexity index is 3560. The minimum Gasteiger partial charge on any atom is -0.309 e. The van der Waals surface area contributed by atoms with Crippen molar-refractivity contribution in [3.8, 4) is 33.4 Å². The van der Waals surface area contributed by atoms with Gasteiger partial charge in [0.25, 0.3) is 0 Å². The van der Waals surface area contributed by atoms with Gasteiger partial charge in [0.15, 0.2) is 0 Å². The fraction of sp³-hybridized carbons (Fsp3) is 0. The van der Waals surface area contributed by atoms with Crippen molar-refractivity contribution in [1.82, 2.24) is 0 Å². The van der Waals surface area contributed by atoms with E-state index in [1.54, 1.807) is 0 Å². The quantitative estimate of drug-likeness (QED) is 0.152. The van der Waals surface area contributed by atoms with Gasteiger partial charge in [0.2, 0.25) is 0 Å². The second-order valence-corrected chi connectivity index (χ2v) is 17.3. The summed E-state index contributed by atoms with van der Waals surface area (Å²) in [5, 5.41) is 10.3. The van der Waals surface area contributed by atoms with Crippen molar-refractivity contribution in [1.29, 1.82) is 0 Å². The first kappa shape index (κ1) is 34.0. The number of nitrogens with zero attached hydrogens (tertiary/aromatic N) is 1. The standard InChI is InChI=1S/C56H35NS2/c1-2-14-36(15-3-1)42-33-32-40(35-50(42)46-22-13-27-54-55(46)48-21-9-11-26-53(48)58-54)57(51-24-12-23-47-45-20-8-10-25-52(45)59-56(47)51)39-30-28-37(29-31-39)49-34-38-16-4-5-17-41(38)43-18-6-7-19-44(43)49/h1-35H. The molecule has 12 aromatic rings. The Balaban J connectivity index is 1.10. The molecule has 0 bridgehead atoms. The molecule has 1 nitrogen and oxygen atoms in total. The lowest BCUT2D eigenvalue weighted by Gasteiger charge is -2.28. The fourth-order valence-electron chi connectivity index (χ4n) is 9.18. The SMILES string of the molecule is c1ccc(-c2ccc(N(c3ccc(-c4cc5ccccc5c5ccccc45)cc3)c3cccc4c3sc3ccccc34)cc2-c2cccc3sc4ccccc4c23)cc1. The van der Waals surface area contributed by atoms with Gasteiger partial charge in [-0.2, -0.15) is 0 Å². The van der Waals surface area contributed by atoms with Gasteiger partial charge in [-0.1, -0.05) is 158 Å². The molecule has 59 heavy (non-hydrogen) atoms. The third-order valence-corrected chi connectivity index (χ3v) is 14.2. The normalized spacial score (nSPS) is 11.7. The number of hydrogen-bond donors (Lipinski definition) is 0. The number of benzene rings is 10. The van der Waals surface area contributed by atoms with E-state index in [2.05, 4.69) is 217 Å². The monoisotopic (exact) mass is 785 g/mol. The third-order valence-electron chi connectivity index (χ3n) is 11.9. The molecule has 2 heterocycles. The molecule has 0 amide bonds. The van der Waals surface area contributed by atoms with Gasteiger partial charge in [-0.15, -0.1) is 22.7 Å². The maximum Gasteiger partial charge on any atom is 0.0640 e. The molecular formula is C56H35NS2. The molecule has 0 saturated carbocycles. The summed E-state index contributed by atoms with van der Waals surface area (Å²) >= 11 is 3.74. The third kappa shape index (κ3) is 5.58.